The SMILES string of the molecule is Cc1ccc(C2(O)C(=C3C(=O)Oc4ccc(C)cc4C3=O)C(C(=O)c3ccccc3)=C3NCCCN32)cc1. The van der Waals surface area contributed by atoms with Crippen molar-refractivity contribution in [2.24, 2.45) is 0 Å². The lowest BCUT2D eigenvalue weighted by Gasteiger charge is -2.41. The topological polar surface area (TPSA) is 95.9 Å². The average Bonchev–Trinajstić information content (AvgIpc) is 3.19. The molecular weight excluding hydrogens is 480 g/mol. The van der Waals surface area contributed by atoms with Crippen LogP contribution >= 0.6 is 0 Å². The van der Waals surface area contributed by atoms with Crippen LogP contribution in [0.3, 0.4) is 0 Å². The van der Waals surface area contributed by atoms with Gasteiger partial charge in [-0.3, -0.25) is 9.59 Å². The van der Waals surface area contributed by atoms with Gasteiger partial charge in [0.25, 0.3) is 0 Å². The summed E-state index contributed by atoms with van der Waals surface area (Å²) in [6.45, 7) is 4.75. The highest BCUT2D eigenvalue weighted by Crippen LogP contribution is 2.50. The molecule has 0 saturated carbocycles. The van der Waals surface area contributed by atoms with Crippen LogP contribution in [0, 0.1) is 13.8 Å². The molecule has 1 atom stereocenters. The van der Waals surface area contributed by atoms with Crippen molar-refractivity contribution in [2.75, 3.05) is 13.1 Å². The second kappa shape index (κ2) is 8.82. The fourth-order valence-corrected chi connectivity index (χ4v) is 5.47. The van der Waals surface area contributed by atoms with Crippen LogP contribution in [0.4, 0.5) is 0 Å². The Hall–Kier alpha value is -4.49. The molecular formula is C31H26N2O5. The predicted molar refractivity (Wildman–Crippen MR) is 140 cm³/mol. The van der Waals surface area contributed by atoms with E-state index in [-0.39, 0.29) is 28.0 Å². The summed E-state index contributed by atoms with van der Waals surface area (Å²) in [6, 6.07) is 20.9. The first kappa shape index (κ1) is 23.9. The van der Waals surface area contributed by atoms with Crippen LogP contribution in [0.5, 0.6) is 5.75 Å². The fraction of sp³-hybridized carbons (Fsp3) is 0.194. The first-order chi connectivity index (χ1) is 18.3. The molecule has 0 bridgehead atoms. The van der Waals surface area contributed by atoms with Crippen LogP contribution in [0.25, 0.3) is 0 Å². The molecule has 0 spiro atoms. The zero-order chi connectivity index (χ0) is 26.6. The quantitative estimate of drug-likeness (QED) is 0.183. The number of ether oxygens (including phenoxy) is 1. The molecule has 38 heavy (non-hydrogen) atoms. The van der Waals surface area contributed by atoms with E-state index in [1.807, 2.05) is 26.0 Å². The van der Waals surface area contributed by atoms with Gasteiger partial charge in [-0.2, -0.15) is 0 Å². The minimum atomic E-state index is -1.96. The smallest absolute Gasteiger partial charge is 0.348 e. The fourth-order valence-electron chi connectivity index (χ4n) is 5.47. The number of aryl methyl sites for hydroxylation is 2. The highest BCUT2D eigenvalue weighted by atomic mass is 16.5. The third-order valence-corrected chi connectivity index (χ3v) is 7.33. The summed E-state index contributed by atoms with van der Waals surface area (Å²) in [7, 11) is 0. The summed E-state index contributed by atoms with van der Waals surface area (Å²) in [5, 5.41) is 15.9. The molecule has 3 aliphatic rings. The third-order valence-electron chi connectivity index (χ3n) is 7.33. The lowest BCUT2D eigenvalue weighted by molar-refractivity contribution is -0.130. The maximum atomic E-state index is 14.1. The number of hydrogen-bond donors (Lipinski definition) is 2. The van der Waals surface area contributed by atoms with Gasteiger partial charge in [0, 0.05) is 29.8 Å². The molecule has 1 saturated heterocycles. The van der Waals surface area contributed by atoms with Crippen molar-refractivity contribution in [3.8, 4) is 5.75 Å². The minimum Gasteiger partial charge on any atom is -0.422 e. The molecule has 0 aromatic heterocycles. The summed E-state index contributed by atoms with van der Waals surface area (Å²) in [6.07, 6.45) is 0.688. The number of carbonyl (C=O) groups excluding carboxylic acids is 3. The molecule has 1 unspecified atom stereocenters. The van der Waals surface area contributed by atoms with E-state index in [0.717, 1.165) is 11.1 Å². The van der Waals surface area contributed by atoms with Crippen LogP contribution < -0.4 is 10.1 Å². The van der Waals surface area contributed by atoms with E-state index < -0.39 is 23.3 Å². The Labute approximate surface area is 220 Å². The Bertz CT molecular complexity index is 1570. The Morgan fingerprint density at radius 3 is 2.42 bits per heavy atom. The number of aliphatic hydroxyl groups is 1. The van der Waals surface area contributed by atoms with Crippen LogP contribution in [0.1, 0.15) is 43.8 Å². The van der Waals surface area contributed by atoms with Crippen LogP contribution in [-0.4, -0.2) is 40.6 Å². The van der Waals surface area contributed by atoms with Gasteiger partial charge in [0.05, 0.1) is 11.1 Å². The van der Waals surface area contributed by atoms with Gasteiger partial charge in [-0.1, -0.05) is 71.8 Å². The highest BCUT2D eigenvalue weighted by molar-refractivity contribution is 6.30. The number of fused-ring (bicyclic) bond motifs is 2. The summed E-state index contributed by atoms with van der Waals surface area (Å²) in [5.41, 5.74) is 0.575. The number of Topliss-reactive ketones (excluding diaryl/α,β-unsaturated/α-hetero) is 2. The molecule has 0 radical (unpaired) electrons. The number of nitrogens with zero attached hydrogens (tertiary/aromatic N) is 1. The monoisotopic (exact) mass is 506 g/mol. The number of ketones is 2. The Morgan fingerprint density at radius 1 is 0.974 bits per heavy atom. The molecule has 1 fully saturated rings. The van der Waals surface area contributed by atoms with E-state index in [9.17, 15) is 19.5 Å². The molecule has 190 valence electrons. The van der Waals surface area contributed by atoms with Gasteiger partial charge in [-0.05, 0) is 32.4 Å². The molecule has 6 rings (SSSR count). The molecule has 3 aromatic rings. The lowest BCUT2D eigenvalue weighted by atomic mass is 9.82. The van der Waals surface area contributed by atoms with Gasteiger partial charge in [0.15, 0.2) is 11.5 Å². The van der Waals surface area contributed by atoms with Crippen LogP contribution in [0.15, 0.2) is 95.3 Å². The number of hydrogen-bond acceptors (Lipinski definition) is 7. The third kappa shape index (κ3) is 3.50. The van der Waals surface area contributed by atoms with Crippen molar-refractivity contribution in [1.82, 2.24) is 10.2 Å². The lowest BCUT2D eigenvalue weighted by Crippen LogP contribution is -2.50. The molecule has 7 nitrogen and oxygen atoms in total. The van der Waals surface area contributed by atoms with Crippen LogP contribution in [-0.2, 0) is 10.5 Å². The van der Waals surface area contributed by atoms with Gasteiger partial charge in [-0.25, -0.2) is 4.79 Å². The van der Waals surface area contributed by atoms with Crippen molar-refractivity contribution in [1.29, 1.82) is 0 Å². The van der Waals surface area contributed by atoms with Crippen molar-refractivity contribution in [2.45, 2.75) is 26.0 Å². The maximum Gasteiger partial charge on any atom is 0.348 e. The highest BCUT2D eigenvalue weighted by Gasteiger charge is 2.56. The largest absolute Gasteiger partial charge is 0.422 e. The molecule has 3 aromatic carbocycles. The standard InChI is InChI=1S/C31H26N2O5/c1-18-9-12-21(13-10-18)31(37)26(25-28(35)22-17-19(2)11-14-23(22)38-30(25)36)24(29-32-15-6-16-33(29)31)27(34)20-7-4-3-5-8-20/h3-5,7-14,17,32,37H,6,15-16H2,1-2H3. The first-order valence-corrected chi connectivity index (χ1v) is 12.6. The van der Waals surface area contributed by atoms with E-state index in [1.165, 1.54) is 0 Å². The summed E-state index contributed by atoms with van der Waals surface area (Å²) in [5.74, 6) is -1.33. The molecule has 0 amide bonds. The summed E-state index contributed by atoms with van der Waals surface area (Å²) in [4.78, 5) is 43.3. The van der Waals surface area contributed by atoms with Crippen molar-refractivity contribution >= 4 is 17.5 Å². The number of carbonyl (C=O) groups is 3. The normalized spacial score (nSPS) is 22.6. The average molecular weight is 507 g/mol. The Kier molecular flexibility index (Phi) is 5.54. The molecule has 0 aliphatic carbocycles. The first-order valence-electron chi connectivity index (χ1n) is 12.6. The molecule has 2 N–H and O–H groups in total. The maximum absolute atomic E-state index is 14.1. The Morgan fingerprint density at radius 2 is 1.68 bits per heavy atom. The number of rotatable bonds is 3. The van der Waals surface area contributed by atoms with E-state index in [2.05, 4.69) is 5.32 Å². The molecule has 3 heterocycles. The van der Waals surface area contributed by atoms with Crippen LogP contribution in [0.2, 0.25) is 0 Å². The summed E-state index contributed by atoms with van der Waals surface area (Å²) >= 11 is 0. The van der Waals surface area contributed by atoms with Gasteiger partial charge in [-0.15, -0.1) is 0 Å². The number of benzene rings is 3. The molecule has 7 heteroatoms. The van der Waals surface area contributed by atoms with Gasteiger partial charge < -0.3 is 20.1 Å². The summed E-state index contributed by atoms with van der Waals surface area (Å²) < 4.78 is 5.62. The van der Waals surface area contributed by atoms with Gasteiger partial charge >= 0.3 is 5.97 Å². The zero-order valence-corrected chi connectivity index (χ0v) is 21.1. The van der Waals surface area contributed by atoms with E-state index in [1.54, 1.807) is 65.6 Å². The second-order valence-corrected chi connectivity index (χ2v) is 9.86. The zero-order valence-electron chi connectivity index (χ0n) is 21.1. The van der Waals surface area contributed by atoms with E-state index in [4.69, 9.17) is 4.74 Å². The van der Waals surface area contributed by atoms with Crippen molar-refractivity contribution in [3.05, 3.63) is 123 Å². The van der Waals surface area contributed by atoms with E-state index >= 15 is 0 Å². The number of esters is 1. The minimum absolute atomic E-state index is 0.0539. The van der Waals surface area contributed by atoms with Gasteiger partial charge in [0.1, 0.15) is 17.1 Å². The second-order valence-electron chi connectivity index (χ2n) is 9.86. The Balaban J connectivity index is 1.68. The predicted octanol–water partition coefficient (Wildman–Crippen LogP) is 3.95. The van der Waals surface area contributed by atoms with Crippen molar-refractivity contribution < 1.29 is 24.2 Å². The van der Waals surface area contributed by atoms with E-state index in [0.29, 0.717) is 36.5 Å². The number of nitrogens with one attached hydrogen (secondary N) is 1. The molecule has 3 aliphatic heterocycles. The van der Waals surface area contributed by atoms with Gasteiger partial charge in [0.2, 0.25) is 5.78 Å². The van der Waals surface area contributed by atoms with Crippen molar-refractivity contribution in [3.63, 3.8) is 0 Å².